The highest BCUT2D eigenvalue weighted by molar-refractivity contribution is 8.00. The van der Waals surface area contributed by atoms with Gasteiger partial charge in [-0.1, -0.05) is 106 Å². The smallest absolute Gasteiger partial charge is 0.0997 e. The van der Waals surface area contributed by atoms with Crippen LogP contribution >= 0.6 is 23.5 Å². The molecule has 0 amide bonds. The third-order valence-electron chi connectivity index (χ3n) is 8.50. The van der Waals surface area contributed by atoms with Gasteiger partial charge in [0.05, 0.1) is 29.3 Å². The maximum absolute atomic E-state index is 4.14. The Morgan fingerprint density at radius 1 is 0.535 bits per heavy atom. The third-order valence-corrected chi connectivity index (χ3v) is 10.7. The third kappa shape index (κ3) is 6.91. The van der Waals surface area contributed by atoms with E-state index < -0.39 is 0 Å². The molecule has 0 bridgehead atoms. The molecule has 4 aromatic carbocycles. The molecule has 0 saturated heterocycles. The van der Waals surface area contributed by atoms with Gasteiger partial charge in [0, 0.05) is 38.2 Å². The largest absolute Gasteiger partial charge is 1.00 e. The number of hydrogen-bond acceptors (Lipinski definition) is 4. The van der Waals surface area contributed by atoms with Gasteiger partial charge in [-0.2, -0.15) is 0 Å². The Labute approximate surface area is 273 Å². The van der Waals surface area contributed by atoms with Crippen molar-refractivity contribution in [3.8, 4) is 11.1 Å². The highest BCUT2D eigenvalue weighted by Crippen LogP contribution is 2.52. The molecule has 0 aliphatic carbocycles. The van der Waals surface area contributed by atoms with Crippen LogP contribution in [-0.2, 0) is 6.54 Å². The molecule has 3 nitrogen and oxygen atoms in total. The number of benzene rings is 4. The SMILES string of the molecule is CCCCCCN1c2ccccc2Sc2cc(-c3ccc4c(c3)Sc3cc(C[NH3+])ccc3N4CCCCCC)ccc21.[Cl-]. The van der Waals surface area contributed by atoms with Crippen LogP contribution in [0.15, 0.2) is 98.4 Å². The predicted octanol–water partition coefficient (Wildman–Crippen LogP) is 7.47. The molecular formula is C37H44ClN3S2. The molecule has 2 aliphatic heterocycles. The van der Waals surface area contributed by atoms with Crippen molar-refractivity contribution in [3.63, 3.8) is 0 Å². The molecule has 0 aromatic heterocycles. The molecule has 0 atom stereocenters. The summed E-state index contributed by atoms with van der Waals surface area (Å²) >= 11 is 3.83. The summed E-state index contributed by atoms with van der Waals surface area (Å²) in [6.07, 6.45) is 10.2. The van der Waals surface area contributed by atoms with Crippen LogP contribution < -0.4 is 27.9 Å². The zero-order valence-corrected chi connectivity index (χ0v) is 28.0. The molecule has 0 spiro atoms. The molecule has 3 N–H and O–H groups in total. The Kier molecular flexibility index (Phi) is 11.1. The number of halogens is 1. The predicted molar refractivity (Wildman–Crippen MR) is 182 cm³/mol. The van der Waals surface area contributed by atoms with Crippen LogP contribution in [-0.4, -0.2) is 13.1 Å². The molecule has 2 aliphatic rings. The van der Waals surface area contributed by atoms with Crippen molar-refractivity contribution in [2.45, 2.75) is 91.3 Å². The van der Waals surface area contributed by atoms with E-state index in [0.717, 1.165) is 19.6 Å². The summed E-state index contributed by atoms with van der Waals surface area (Å²) in [5.74, 6) is 0. The van der Waals surface area contributed by atoms with Gasteiger partial charge in [-0.25, -0.2) is 0 Å². The number of hydrogen-bond donors (Lipinski definition) is 1. The van der Waals surface area contributed by atoms with E-state index in [9.17, 15) is 0 Å². The van der Waals surface area contributed by atoms with Gasteiger partial charge in [-0.15, -0.1) is 0 Å². The van der Waals surface area contributed by atoms with Gasteiger partial charge in [-0.05, 0) is 72.5 Å². The van der Waals surface area contributed by atoms with E-state index in [1.165, 1.54) is 110 Å². The summed E-state index contributed by atoms with van der Waals surface area (Å²) in [5.41, 5.74) is 13.4. The van der Waals surface area contributed by atoms with E-state index in [1.807, 2.05) is 23.5 Å². The van der Waals surface area contributed by atoms with Crippen LogP contribution in [0.5, 0.6) is 0 Å². The van der Waals surface area contributed by atoms with Crippen molar-refractivity contribution < 1.29 is 18.1 Å². The zero-order valence-electron chi connectivity index (χ0n) is 25.6. The molecule has 226 valence electrons. The van der Waals surface area contributed by atoms with Gasteiger partial charge in [0.15, 0.2) is 0 Å². The first kappa shape index (κ1) is 31.8. The van der Waals surface area contributed by atoms with Crippen molar-refractivity contribution in [2.75, 3.05) is 22.9 Å². The highest BCUT2D eigenvalue weighted by atomic mass is 35.5. The number of unbranched alkanes of at least 4 members (excludes halogenated alkanes) is 6. The fourth-order valence-corrected chi connectivity index (χ4v) is 8.49. The van der Waals surface area contributed by atoms with Crippen LogP contribution in [0.3, 0.4) is 0 Å². The van der Waals surface area contributed by atoms with Crippen LogP contribution in [0.2, 0.25) is 0 Å². The average Bonchev–Trinajstić information content (AvgIpc) is 3.03. The van der Waals surface area contributed by atoms with Crippen molar-refractivity contribution in [1.29, 1.82) is 0 Å². The van der Waals surface area contributed by atoms with Gasteiger partial charge in [0.1, 0.15) is 0 Å². The van der Waals surface area contributed by atoms with E-state index in [4.69, 9.17) is 0 Å². The van der Waals surface area contributed by atoms with E-state index in [2.05, 4.69) is 108 Å². The normalized spacial score (nSPS) is 13.1. The molecule has 6 heteroatoms. The number of quaternary nitrogens is 1. The van der Waals surface area contributed by atoms with Gasteiger partial charge in [-0.3, -0.25) is 0 Å². The lowest BCUT2D eigenvalue weighted by Gasteiger charge is -2.34. The topological polar surface area (TPSA) is 34.1 Å². The molecule has 2 heterocycles. The number of fused-ring (bicyclic) bond motifs is 4. The first-order valence-electron chi connectivity index (χ1n) is 15.9. The Hall–Kier alpha value is -2.57. The Morgan fingerprint density at radius 3 is 1.58 bits per heavy atom. The van der Waals surface area contributed by atoms with E-state index in [-0.39, 0.29) is 12.4 Å². The molecule has 0 unspecified atom stereocenters. The van der Waals surface area contributed by atoms with Crippen molar-refractivity contribution in [2.24, 2.45) is 0 Å². The second-order valence-electron chi connectivity index (χ2n) is 11.5. The van der Waals surface area contributed by atoms with Gasteiger partial charge < -0.3 is 27.9 Å². The zero-order chi connectivity index (χ0) is 28.9. The summed E-state index contributed by atoms with van der Waals surface area (Å²) in [7, 11) is 0. The van der Waals surface area contributed by atoms with Crippen LogP contribution in [0.25, 0.3) is 11.1 Å². The minimum Gasteiger partial charge on any atom is -1.00 e. The molecule has 0 fully saturated rings. The molecule has 0 radical (unpaired) electrons. The summed E-state index contributed by atoms with van der Waals surface area (Å²) in [6, 6.07) is 30.0. The maximum atomic E-state index is 4.14. The number of anilines is 4. The first-order valence-corrected chi connectivity index (χ1v) is 17.5. The van der Waals surface area contributed by atoms with Crippen LogP contribution in [0, 0.1) is 0 Å². The lowest BCUT2D eigenvalue weighted by Crippen LogP contribution is -3.00. The van der Waals surface area contributed by atoms with Gasteiger partial charge >= 0.3 is 0 Å². The van der Waals surface area contributed by atoms with Crippen LogP contribution in [0.1, 0.15) is 70.8 Å². The molecule has 4 aromatic rings. The van der Waals surface area contributed by atoms with E-state index in [1.54, 1.807) is 0 Å². The number of nitrogens with zero attached hydrogens (tertiary/aromatic N) is 2. The lowest BCUT2D eigenvalue weighted by molar-refractivity contribution is -0.386. The average molecular weight is 630 g/mol. The van der Waals surface area contributed by atoms with Crippen molar-refractivity contribution in [3.05, 3.63) is 84.4 Å². The fraction of sp³-hybridized carbons (Fsp3) is 0.351. The minimum absolute atomic E-state index is 0. The molecule has 0 saturated carbocycles. The number of rotatable bonds is 12. The molecular weight excluding hydrogens is 586 g/mol. The quantitative estimate of drug-likeness (QED) is 0.165. The van der Waals surface area contributed by atoms with Gasteiger partial charge in [0.2, 0.25) is 0 Å². The fourth-order valence-electron chi connectivity index (χ4n) is 6.15. The first-order chi connectivity index (χ1) is 20.7. The maximum Gasteiger partial charge on any atom is 0.0997 e. The molecule has 43 heavy (non-hydrogen) atoms. The monoisotopic (exact) mass is 629 g/mol. The van der Waals surface area contributed by atoms with E-state index >= 15 is 0 Å². The molecule has 6 rings (SSSR count). The van der Waals surface area contributed by atoms with Crippen molar-refractivity contribution in [1.82, 2.24) is 0 Å². The highest BCUT2D eigenvalue weighted by Gasteiger charge is 2.26. The second-order valence-corrected chi connectivity index (χ2v) is 13.7. The lowest BCUT2D eigenvalue weighted by atomic mass is 10.0. The summed E-state index contributed by atoms with van der Waals surface area (Å²) in [5, 5.41) is 0. The Morgan fingerprint density at radius 2 is 1.02 bits per heavy atom. The van der Waals surface area contributed by atoms with Crippen LogP contribution in [0.4, 0.5) is 22.7 Å². The number of para-hydroxylation sites is 1. The van der Waals surface area contributed by atoms with E-state index in [0.29, 0.717) is 0 Å². The Bertz CT molecular complexity index is 1540. The van der Waals surface area contributed by atoms with Gasteiger partial charge in [0.25, 0.3) is 0 Å². The summed E-state index contributed by atoms with van der Waals surface area (Å²) in [4.78, 5) is 10.5. The summed E-state index contributed by atoms with van der Waals surface area (Å²) in [6.45, 7) is 7.53. The summed E-state index contributed by atoms with van der Waals surface area (Å²) < 4.78 is 0. The van der Waals surface area contributed by atoms with Crippen molar-refractivity contribution >= 4 is 46.3 Å². The Balaban J connectivity index is 0.00000368. The second kappa shape index (κ2) is 14.9. The standard InChI is InChI=1S/C37H43N3S2.ClH/c1-3-5-7-11-21-39-30-13-9-10-14-34(30)41-36-24-28(16-19-32(36)39)29-17-20-33-37(25-29)42-35-23-27(26-38)15-18-31(35)40(33)22-12-8-6-4-2;/h9-10,13-20,23-25H,3-8,11-12,21-22,26,38H2,1-2H3;1H. The minimum atomic E-state index is 0.